The number of hydrogen-bond acceptors (Lipinski definition) is 5. The molecule has 1 saturated carbocycles. The molecule has 0 saturated heterocycles. The van der Waals surface area contributed by atoms with Crippen molar-refractivity contribution in [2.24, 2.45) is 0 Å². The topological polar surface area (TPSA) is 92.4 Å². The van der Waals surface area contributed by atoms with Crippen LogP contribution in [0.3, 0.4) is 0 Å². The highest BCUT2D eigenvalue weighted by Crippen LogP contribution is 2.26. The normalized spacial score (nSPS) is 17.5. The highest BCUT2D eigenvalue weighted by Gasteiger charge is 2.29. The van der Waals surface area contributed by atoms with Crippen molar-refractivity contribution in [1.82, 2.24) is 15.6 Å². The molecule has 2 aromatic carbocycles. The highest BCUT2D eigenvalue weighted by atomic mass is 35.5. The quantitative estimate of drug-likeness (QED) is 0.343. The van der Waals surface area contributed by atoms with Gasteiger partial charge in [0.1, 0.15) is 17.3 Å². The zero-order valence-electron chi connectivity index (χ0n) is 18.5. The van der Waals surface area contributed by atoms with E-state index in [-0.39, 0.29) is 36.0 Å². The Kier molecular flexibility index (Phi) is 8.43. The second-order valence-corrected chi connectivity index (χ2v) is 9.83. The van der Waals surface area contributed by atoms with Gasteiger partial charge >= 0.3 is 6.03 Å². The number of urea groups is 1. The number of rotatable bonds is 7. The van der Waals surface area contributed by atoms with Gasteiger partial charge in [-0.25, -0.2) is 14.2 Å². The third kappa shape index (κ3) is 6.84. The third-order valence-corrected chi connectivity index (χ3v) is 6.92. The van der Waals surface area contributed by atoms with Crippen molar-refractivity contribution in [1.29, 1.82) is 0 Å². The van der Waals surface area contributed by atoms with E-state index in [9.17, 15) is 14.0 Å². The van der Waals surface area contributed by atoms with Crippen molar-refractivity contribution in [2.75, 3.05) is 5.32 Å². The van der Waals surface area contributed by atoms with E-state index in [1.165, 1.54) is 23.5 Å². The van der Waals surface area contributed by atoms with Gasteiger partial charge in [-0.15, -0.1) is 11.3 Å². The maximum atomic E-state index is 13.7. The Morgan fingerprint density at radius 1 is 1.09 bits per heavy atom. The summed E-state index contributed by atoms with van der Waals surface area (Å²) < 4.78 is 19.2. The van der Waals surface area contributed by atoms with E-state index in [0.29, 0.717) is 20.7 Å². The van der Waals surface area contributed by atoms with E-state index in [2.05, 4.69) is 20.9 Å². The Morgan fingerprint density at radius 3 is 2.57 bits per heavy atom. The molecule has 0 radical (unpaired) electrons. The summed E-state index contributed by atoms with van der Waals surface area (Å²) in [6.45, 7) is 0.0555. The molecule has 1 heterocycles. The smallest absolute Gasteiger partial charge is 0.319 e. The molecule has 1 aliphatic rings. The number of amides is 3. The zero-order valence-corrected chi connectivity index (χ0v) is 20.9. The first-order valence-electron chi connectivity index (χ1n) is 11.0. The molecule has 7 nitrogen and oxygen atoms in total. The van der Waals surface area contributed by atoms with Crippen LogP contribution in [0.15, 0.2) is 47.8 Å². The largest absolute Gasteiger partial charge is 0.483 e. The number of nitrogens with one attached hydrogen (secondary N) is 3. The minimum Gasteiger partial charge on any atom is -0.483 e. The Balaban J connectivity index is 1.32. The average molecular weight is 537 g/mol. The summed E-state index contributed by atoms with van der Waals surface area (Å²) in [5.41, 5.74) is 0.696. The van der Waals surface area contributed by atoms with Crippen LogP contribution in [-0.2, 0) is 6.61 Å². The molecule has 0 aliphatic heterocycles. The van der Waals surface area contributed by atoms with Crippen molar-refractivity contribution < 1.29 is 18.7 Å². The van der Waals surface area contributed by atoms with E-state index in [1.807, 2.05) is 0 Å². The van der Waals surface area contributed by atoms with Crippen LogP contribution in [0.4, 0.5) is 14.9 Å². The summed E-state index contributed by atoms with van der Waals surface area (Å²) in [7, 11) is 0. The van der Waals surface area contributed by atoms with Gasteiger partial charge in [0, 0.05) is 16.4 Å². The van der Waals surface area contributed by atoms with Gasteiger partial charge < -0.3 is 20.7 Å². The standard InChI is InChI=1S/C24H23Cl2FN4O3S/c25-14-9-10-17(15(26)11-14)30-24(33)31-19-7-3-2-6-18(19)29-23(32)20-13-35-22(28-20)12-34-21-8-4-1-5-16(21)27/h1,4-5,8-11,13,18-19H,2-3,6-7,12H2,(H,29,32)(H2,30,31,33)/t18-,19-/m0/s1. The summed E-state index contributed by atoms with van der Waals surface area (Å²) >= 11 is 13.3. The number of ether oxygens (including phenoxy) is 1. The summed E-state index contributed by atoms with van der Waals surface area (Å²) in [6, 6.07) is 10.0. The molecule has 4 rings (SSSR count). The van der Waals surface area contributed by atoms with Crippen LogP contribution < -0.4 is 20.7 Å². The summed E-state index contributed by atoms with van der Waals surface area (Å²) in [4.78, 5) is 29.7. The summed E-state index contributed by atoms with van der Waals surface area (Å²) in [6.07, 6.45) is 3.33. The molecular weight excluding hydrogens is 514 g/mol. The van der Waals surface area contributed by atoms with Gasteiger partial charge in [0.2, 0.25) is 0 Å². The predicted octanol–water partition coefficient (Wildman–Crippen LogP) is 6.03. The number of anilines is 1. The third-order valence-electron chi connectivity index (χ3n) is 5.55. The molecule has 3 N–H and O–H groups in total. The van der Waals surface area contributed by atoms with Gasteiger partial charge in [-0.05, 0) is 43.2 Å². The average Bonchev–Trinajstić information content (AvgIpc) is 3.31. The summed E-state index contributed by atoms with van der Waals surface area (Å²) in [5.74, 6) is -0.665. The van der Waals surface area contributed by atoms with Crippen LogP contribution >= 0.6 is 34.5 Å². The number of para-hydroxylation sites is 1. The van der Waals surface area contributed by atoms with Gasteiger partial charge in [-0.3, -0.25) is 4.79 Å². The molecule has 1 aromatic heterocycles. The molecule has 3 aromatic rings. The molecule has 11 heteroatoms. The van der Waals surface area contributed by atoms with Crippen LogP contribution in [0.1, 0.15) is 41.2 Å². The summed E-state index contributed by atoms with van der Waals surface area (Å²) in [5, 5.41) is 11.6. The van der Waals surface area contributed by atoms with Gasteiger partial charge in [0.15, 0.2) is 11.6 Å². The first-order chi connectivity index (χ1) is 16.9. The Bertz CT molecular complexity index is 1210. The molecule has 35 heavy (non-hydrogen) atoms. The Hall–Kier alpha value is -2.88. The van der Waals surface area contributed by atoms with E-state index in [0.717, 1.165) is 25.7 Å². The molecule has 3 amide bonds. The van der Waals surface area contributed by atoms with E-state index >= 15 is 0 Å². The fraction of sp³-hybridized carbons (Fsp3) is 0.292. The minimum atomic E-state index is -0.458. The monoisotopic (exact) mass is 536 g/mol. The Morgan fingerprint density at radius 2 is 1.83 bits per heavy atom. The van der Waals surface area contributed by atoms with E-state index in [4.69, 9.17) is 27.9 Å². The molecule has 184 valence electrons. The van der Waals surface area contributed by atoms with Crippen molar-refractivity contribution in [3.63, 3.8) is 0 Å². The number of hydrogen-bond donors (Lipinski definition) is 3. The van der Waals surface area contributed by atoms with E-state index < -0.39 is 11.8 Å². The van der Waals surface area contributed by atoms with Gasteiger partial charge in [-0.1, -0.05) is 48.2 Å². The number of aromatic nitrogens is 1. The maximum absolute atomic E-state index is 13.7. The molecule has 1 fully saturated rings. The molecule has 0 unspecified atom stereocenters. The molecule has 1 aliphatic carbocycles. The van der Waals surface area contributed by atoms with Crippen molar-refractivity contribution in [3.05, 3.63) is 74.4 Å². The van der Waals surface area contributed by atoms with Crippen LogP contribution in [0.2, 0.25) is 10.0 Å². The van der Waals surface area contributed by atoms with Crippen molar-refractivity contribution in [2.45, 2.75) is 44.4 Å². The van der Waals surface area contributed by atoms with Gasteiger partial charge in [-0.2, -0.15) is 0 Å². The number of carbonyl (C=O) groups is 2. The second-order valence-electron chi connectivity index (χ2n) is 8.04. The lowest BCUT2D eigenvalue weighted by Crippen LogP contribution is -2.54. The first-order valence-corrected chi connectivity index (χ1v) is 12.7. The lowest BCUT2D eigenvalue weighted by molar-refractivity contribution is 0.0911. The van der Waals surface area contributed by atoms with Gasteiger partial charge in [0.05, 0.1) is 16.8 Å². The molecule has 2 atom stereocenters. The van der Waals surface area contributed by atoms with Crippen LogP contribution in [0.5, 0.6) is 5.75 Å². The number of halogens is 3. The SMILES string of the molecule is O=C(Nc1ccc(Cl)cc1Cl)N[C@H]1CCCC[C@@H]1NC(=O)c1csc(COc2ccccc2F)n1. The highest BCUT2D eigenvalue weighted by molar-refractivity contribution is 7.09. The zero-order chi connectivity index (χ0) is 24.8. The molecular formula is C24H23Cl2FN4O3S. The lowest BCUT2D eigenvalue weighted by atomic mass is 9.90. The van der Waals surface area contributed by atoms with Gasteiger partial charge in [0.25, 0.3) is 5.91 Å². The van der Waals surface area contributed by atoms with Crippen molar-refractivity contribution >= 4 is 52.2 Å². The minimum absolute atomic E-state index is 0.0555. The lowest BCUT2D eigenvalue weighted by Gasteiger charge is -2.32. The first kappa shape index (κ1) is 25.2. The molecule has 0 bridgehead atoms. The number of benzene rings is 2. The second kappa shape index (κ2) is 11.7. The fourth-order valence-electron chi connectivity index (χ4n) is 3.82. The number of thiazole rings is 1. The number of carbonyl (C=O) groups excluding carboxylic acids is 2. The fourth-order valence-corrected chi connectivity index (χ4v) is 4.96. The van der Waals surface area contributed by atoms with Crippen LogP contribution in [-0.4, -0.2) is 29.0 Å². The van der Waals surface area contributed by atoms with Crippen molar-refractivity contribution in [3.8, 4) is 5.75 Å². The Labute approximate surface area is 216 Å². The number of nitrogens with zero attached hydrogens (tertiary/aromatic N) is 1. The van der Waals surface area contributed by atoms with Crippen LogP contribution in [0, 0.1) is 5.82 Å². The predicted molar refractivity (Wildman–Crippen MR) is 135 cm³/mol. The van der Waals surface area contributed by atoms with E-state index in [1.54, 1.807) is 35.7 Å². The van der Waals surface area contributed by atoms with Crippen LogP contribution in [0.25, 0.3) is 0 Å². The maximum Gasteiger partial charge on any atom is 0.319 e. The molecule has 0 spiro atoms.